The van der Waals surface area contributed by atoms with Crippen LogP contribution >= 0.6 is 11.3 Å². The maximum absolute atomic E-state index is 12.7. The molecule has 2 heterocycles. The molecule has 0 saturated carbocycles. The summed E-state index contributed by atoms with van der Waals surface area (Å²) in [4.78, 5) is 31.2. The lowest BCUT2D eigenvalue weighted by molar-refractivity contribution is 0.0736. The van der Waals surface area contributed by atoms with E-state index < -0.39 is 6.09 Å². The van der Waals surface area contributed by atoms with Gasteiger partial charge in [-0.2, -0.15) is 0 Å². The fraction of sp³-hybridized carbons (Fsp3) is 0.353. The number of benzene rings is 1. The van der Waals surface area contributed by atoms with E-state index in [1.165, 1.54) is 24.0 Å². The van der Waals surface area contributed by atoms with Gasteiger partial charge in [-0.05, 0) is 37.1 Å². The highest BCUT2D eigenvalue weighted by Gasteiger charge is 2.25. The van der Waals surface area contributed by atoms with E-state index in [9.17, 15) is 9.59 Å². The first-order valence-corrected chi connectivity index (χ1v) is 8.49. The Hall–Kier alpha value is -2.41. The summed E-state index contributed by atoms with van der Waals surface area (Å²) in [5.74, 6) is 0.0274. The molecule has 0 atom stereocenters. The van der Waals surface area contributed by atoms with Crippen molar-refractivity contribution >= 4 is 28.5 Å². The molecule has 126 valence electrons. The van der Waals surface area contributed by atoms with E-state index in [2.05, 4.69) is 15.0 Å². The summed E-state index contributed by atoms with van der Waals surface area (Å²) in [6.45, 7) is 5.18. The minimum absolute atomic E-state index is 0.0274. The number of rotatable bonds is 2. The molecule has 7 heteroatoms. The third-order valence-electron chi connectivity index (χ3n) is 4.17. The average Bonchev–Trinajstić information content (AvgIpc) is 2.97. The van der Waals surface area contributed by atoms with Gasteiger partial charge in [0.05, 0.1) is 19.3 Å². The van der Waals surface area contributed by atoms with Crippen LogP contribution in [-0.4, -0.2) is 35.5 Å². The van der Waals surface area contributed by atoms with Crippen LogP contribution in [0.2, 0.25) is 0 Å². The van der Waals surface area contributed by atoms with Crippen molar-refractivity contribution in [3.8, 4) is 0 Å². The normalized spacial score (nSPS) is 13.4. The molecule has 0 spiro atoms. The third-order valence-corrected chi connectivity index (χ3v) is 5.16. The van der Waals surface area contributed by atoms with Gasteiger partial charge in [0, 0.05) is 23.4 Å². The average molecular weight is 345 g/mol. The Balaban J connectivity index is 1.75. The Labute approximate surface area is 144 Å². The second-order valence-corrected chi connectivity index (χ2v) is 6.86. The van der Waals surface area contributed by atoms with Crippen molar-refractivity contribution in [2.75, 3.05) is 19.0 Å². The van der Waals surface area contributed by atoms with E-state index in [0.29, 0.717) is 30.2 Å². The van der Waals surface area contributed by atoms with Crippen molar-refractivity contribution in [2.24, 2.45) is 0 Å². The van der Waals surface area contributed by atoms with E-state index in [1.807, 2.05) is 36.9 Å². The van der Waals surface area contributed by atoms with Crippen molar-refractivity contribution < 1.29 is 14.3 Å². The summed E-state index contributed by atoms with van der Waals surface area (Å²) in [5.41, 5.74) is 3.93. The Kier molecular flexibility index (Phi) is 4.53. The molecule has 1 aliphatic heterocycles. The highest BCUT2D eigenvalue weighted by Crippen LogP contribution is 2.29. The number of fused-ring (bicyclic) bond motifs is 1. The van der Waals surface area contributed by atoms with Gasteiger partial charge >= 0.3 is 6.09 Å². The first-order chi connectivity index (χ1) is 11.5. The Morgan fingerprint density at radius 2 is 2.08 bits per heavy atom. The first kappa shape index (κ1) is 16.4. The molecule has 1 N–H and O–H groups in total. The van der Waals surface area contributed by atoms with Gasteiger partial charge in [-0.3, -0.25) is 10.1 Å². The van der Waals surface area contributed by atoms with Crippen LogP contribution in [0.4, 0.5) is 9.93 Å². The molecule has 0 radical (unpaired) electrons. The summed E-state index contributed by atoms with van der Waals surface area (Å²) < 4.78 is 4.58. The van der Waals surface area contributed by atoms with Crippen LogP contribution < -0.4 is 5.32 Å². The van der Waals surface area contributed by atoms with Crippen LogP contribution in [0, 0.1) is 13.8 Å². The van der Waals surface area contributed by atoms with Crippen molar-refractivity contribution in [3.05, 3.63) is 45.5 Å². The summed E-state index contributed by atoms with van der Waals surface area (Å²) in [5, 5.41) is 3.09. The molecule has 3 rings (SSSR count). The minimum Gasteiger partial charge on any atom is -0.453 e. The standard InChI is InChI=1S/C17H19N3O3S/c1-10-4-5-12(8-11(10)2)15(21)20-7-6-13-14(9-20)24-16(18-13)19-17(22)23-3/h4-5,8H,6-7,9H2,1-3H3,(H,18,19,22). The summed E-state index contributed by atoms with van der Waals surface area (Å²) in [6, 6.07) is 5.78. The molecule has 2 amide bonds. The second kappa shape index (κ2) is 6.60. The van der Waals surface area contributed by atoms with Crippen molar-refractivity contribution in [1.82, 2.24) is 9.88 Å². The SMILES string of the molecule is COC(=O)Nc1nc2c(s1)CN(C(=O)c1ccc(C)c(C)c1)CC2. The third kappa shape index (κ3) is 3.26. The lowest BCUT2D eigenvalue weighted by Gasteiger charge is -2.26. The molecule has 0 unspecified atom stereocenters. The Bertz CT molecular complexity index is 800. The lowest BCUT2D eigenvalue weighted by atomic mass is 10.0. The second-order valence-electron chi connectivity index (χ2n) is 5.78. The summed E-state index contributed by atoms with van der Waals surface area (Å²) in [6.07, 6.45) is 0.148. The van der Waals surface area contributed by atoms with Gasteiger partial charge < -0.3 is 9.64 Å². The van der Waals surface area contributed by atoms with Gasteiger partial charge in [-0.1, -0.05) is 17.4 Å². The highest BCUT2D eigenvalue weighted by molar-refractivity contribution is 7.15. The number of thiazole rings is 1. The number of amides is 2. The first-order valence-electron chi connectivity index (χ1n) is 7.68. The number of hydrogen-bond donors (Lipinski definition) is 1. The number of anilines is 1. The van der Waals surface area contributed by atoms with Crippen LogP contribution in [0.1, 0.15) is 32.1 Å². The number of aryl methyl sites for hydroxylation is 2. The Morgan fingerprint density at radius 1 is 1.29 bits per heavy atom. The number of nitrogens with one attached hydrogen (secondary N) is 1. The predicted molar refractivity (Wildman–Crippen MR) is 92.5 cm³/mol. The number of ether oxygens (including phenoxy) is 1. The number of carbonyl (C=O) groups is 2. The van der Waals surface area contributed by atoms with Crippen LogP contribution in [0.25, 0.3) is 0 Å². The van der Waals surface area contributed by atoms with Gasteiger partial charge in [-0.15, -0.1) is 0 Å². The van der Waals surface area contributed by atoms with E-state index in [4.69, 9.17) is 0 Å². The molecule has 1 aliphatic rings. The monoisotopic (exact) mass is 345 g/mol. The smallest absolute Gasteiger partial charge is 0.413 e. The summed E-state index contributed by atoms with van der Waals surface area (Å²) in [7, 11) is 1.31. The van der Waals surface area contributed by atoms with Crippen LogP contribution in [0.5, 0.6) is 0 Å². The zero-order chi connectivity index (χ0) is 17.3. The Morgan fingerprint density at radius 3 is 2.79 bits per heavy atom. The number of hydrogen-bond acceptors (Lipinski definition) is 5. The zero-order valence-electron chi connectivity index (χ0n) is 13.9. The molecule has 1 aromatic heterocycles. The summed E-state index contributed by atoms with van der Waals surface area (Å²) >= 11 is 1.38. The van der Waals surface area contributed by atoms with Crippen LogP contribution in [0.15, 0.2) is 18.2 Å². The van der Waals surface area contributed by atoms with E-state index >= 15 is 0 Å². The van der Waals surface area contributed by atoms with Gasteiger partial charge in [0.2, 0.25) is 0 Å². The predicted octanol–water partition coefficient (Wildman–Crippen LogP) is 3.14. The minimum atomic E-state index is -0.538. The molecule has 24 heavy (non-hydrogen) atoms. The lowest BCUT2D eigenvalue weighted by Crippen LogP contribution is -2.35. The molecular formula is C17H19N3O3S. The number of carbonyl (C=O) groups excluding carboxylic acids is 2. The van der Waals surface area contributed by atoms with Gasteiger partial charge in [0.1, 0.15) is 0 Å². The zero-order valence-corrected chi connectivity index (χ0v) is 14.7. The van der Waals surface area contributed by atoms with Crippen molar-refractivity contribution in [2.45, 2.75) is 26.8 Å². The van der Waals surface area contributed by atoms with Crippen molar-refractivity contribution in [1.29, 1.82) is 0 Å². The van der Waals surface area contributed by atoms with Crippen LogP contribution in [-0.2, 0) is 17.7 Å². The van der Waals surface area contributed by atoms with Crippen LogP contribution in [0.3, 0.4) is 0 Å². The molecule has 0 saturated heterocycles. The van der Waals surface area contributed by atoms with Gasteiger partial charge in [0.15, 0.2) is 5.13 Å². The van der Waals surface area contributed by atoms with E-state index in [1.54, 1.807) is 0 Å². The quantitative estimate of drug-likeness (QED) is 0.908. The molecule has 2 aromatic rings. The largest absolute Gasteiger partial charge is 0.453 e. The van der Waals surface area contributed by atoms with Crippen molar-refractivity contribution in [3.63, 3.8) is 0 Å². The molecule has 0 aliphatic carbocycles. The molecule has 0 fully saturated rings. The molecule has 6 nitrogen and oxygen atoms in total. The maximum atomic E-state index is 12.7. The van der Waals surface area contributed by atoms with Gasteiger partial charge in [0.25, 0.3) is 5.91 Å². The molecule has 0 bridgehead atoms. The fourth-order valence-electron chi connectivity index (χ4n) is 2.62. The maximum Gasteiger partial charge on any atom is 0.413 e. The van der Waals surface area contributed by atoms with E-state index in [0.717, 1.165) is 16.1 Å². The number of nitrogens with zero attached hydrogens (tertiary/aromatic N) is 2. The molecule has 1 aromatic carbocycles. The number of methoxy groups -OCH3 is 1. The van der Waals surface area contributed by atoms with E-state index in [-0.39, 0.29) is 5.91 Å². The molecular weight excluding hydrogens is 326 g/mol. The topological polar surface area (TPSA) is 71.5 Å². The highest BCUT2D eigenvalue weighted by atomic mass is 32.1. The van der Waals surface area contributed by atoms with Gasteiger partial charge in [-0.25, -0.2) is 9.78 Å². The number of aromatic nitrogens is 1. The fourth-order valence-corrected chi connectivity index (χ4v) is 3.63.